The molecule has 2 aliphatic heterocycles. The van der Waals surface area contributed by atoms with Gasteiger partial charge in [-0.1, -0.05) is 0 Å². The van der Waals surface area contributed by atoms with Gasteiger partial charge in [0.25, 0.3) is 6.29 Å². The van der Waals surface area contributed by atoms with Gasteiger partial charge < -0.3 is 34.3 Å². The van der Waals surface area contributed by atoms with Crippen LogP contribution >= 0.6 is 0 Å². The third-order valence-corrected chi connectivity index (χ3v) is 1.68. The van der Waals surface area contributed by atoms with Crippen LogP contribution in [0, 0.1) is 0 Å². The smallest absolute Gasteiger partial charge is 0.397 e. The molecule has 0 aromatic carbocycles. The van der Waals surface area contributed by atoms with Crippen molar-refractivity contribution in [2.45, 2.75) is 18.1 Å². The lowest BCUT2D eigenvalue weighted by atomic mass is 10.2. The molecule has 0 amide bonds. The molecule has 9 heteroatoms. The highest BCUT2D eigenvalue weighted by atomic mass is 17.0. The van der Waals surface area contributed by atoms with Crippen molar-refractivity contribution >= 4 is 12.3 Å². The van der Waals surface area contributed by atoms with Gasteiger partial charge in [0, 0.05) is 0 Å². The number of rotatable bonds is 1. The van der Waals surface area contributed by atoms with Crippen LogP contribution in [-0.4, -0.2) is 45.7 Å². The van der Waals surface area contributed by atoms with Gasteiger partial charge in [-0.05, 0) is 0 Å². The van der Waals surface area contributed by atoms with Gasteiger partial charge in [0.2, 0.25) is 0 Å². The Morgan fingerprint density at radius 2 is 1.64 bits per heavy atom. The maximum Gasteiger partial charge on any atom is 0.518 e. The second kappa shape index (κ2) is 2.26. The fourth-order valence-corrected chi connectivity index (χ4v) is 0.973. The summed E-state index contributed by atoms with van der Waals surface area (Å²) >= 11 is 0. The molecule has 2 saturated heterocycles. The van der Waals surface area contributed by atoms with E-state index >= 15 is 0 Å². The maximum atomic E-state index is 10.5. The Hall–Kier alpha value is -1.58. The molecule has 2 unspecified atom stereocenters. The van der Waals surface area contributed by atoms with Crippen molar-refractivity contribution in [2.24, 2.45) is 0 Å². The summed E-state index contributed by atoms with van der Waals surface area (Å²) < 4.78 is 15.9. The van der Waals surface area contributed by atoms with Gasteiger partial charge in [-0.25, -0.2) is 9.59 Å². The lowest BCUT2D eigenvalue weighted by Crippen LogP contribution is -2.69. The lowest BCUT2D eigenvalue weighted by Gasteiger charge is -2.40. The zero-order chi connectivity index (χ0) is 10.6. The SMILES string of the molecule is O=C1OC(O)(C2(O)OC(=O)OC2O)O1. The Bertz CT molecular complexity index is 302. The van der Waals surface area contributed by atoms with Crippen LogP contribution in [0.3, 0.4) is 0 Å². The largest absolute Gasteiger partial charge is 0.518 e. The van der Waals surface area contributed by atoms with E-state index in [0.29, 0.717) is 0 Å². The summed E-state index contributed by atoms with van der Waals surface area (Å²) in [5.41, 5.74) is 0. The van der Waals surface area contributed by atoms with Crippen molar-refractivity contribution in [1.82, 2.24) is 0 Å². The molecule has 0 spiro atoms. The highest BCUT2D eigenvalue weighted by Gasteiger charge is 2.75. The van der Waals surface area contributed by atoms with Gasteiger partial charge in [0.15, 0.2) is 0 Å². The molecule has 2 rings (SSSR count). The van der Waals surface area contributed by atoms with Crippen LogP contribution < -0.4 is 0 Å². The minimum absolute atomic E-state index is 1.30. The van der Waals surface area contributed by atoms with E-state index in [2.05, 4.69) is 18.9 Å². The first kappa shape index (κ1) is 8.99. The van der Waals surface area contributed by atoms with Gasteiger partial charge >= 0.3 is 24.1 Å². The Morgan fingerprint density at radius 1 is 1.07 bits per heavy atom. The number of ether oxygens (including phenoxy) is 4. The summed E-state index contributed by atoms with van der Waals surface area (Å²) in [6.45, 7) is 0. The first-order valence-electron chi connectivity index (χ1n) is 3.32. The molecule has 0 radical (unpaired) electrons. The first-order valence-corrected chi connectivity index (χ1v) is 3.32. The number of hydrogen-bond acceptors (Lipinski definition) is 9. The van der Waals surface area contributed by atoms with Gasteiger partial charge in [-0.3, -0.25) is 0 Å². The van der Waals surface area contributed by atoms with Crippen molar-refractivity contribution in [3.05, 3.63) is 0 Å². The number of aliphatic hydroxyl groups excluding tert-OH is 1. The van der Waals surface area contributed by atoms with Crippen LogP contribution in [-0.2, 0) is 18.9 Å². The molecule has 9 nitrogen and oxygen atoms in total. The van der Waals surface area contributed by atoms with Gasteiger partial charge in [0.05, 0.1) is 0 Å². The minimum atomic E-state index is -2.99. The Labute approximate surface area is 75.3 Å². The van der Waals surface area contributed by atoms with Crippen LogP contribution in [0.5, 0.6) is 0 Å². The number of carbonyl (C=O) groups is 2. The van der Waals surface area contributed by atoms with E-state index in [-0.39, 0.29) is 0 Å². The molecular weight excluding hydrogens is 204 g/mol. The zero-order valence-corrected chi connectivity index (χ0v) is 6.37. The Kier molecular flexibility index (Phi) is 1.45. The molecule has 14 heavy (non-hydrogen) atoms. The molecule has 2 aliphatic rings. The molecule has 78 valence electrons. The second-order valence-electron chi connectivity index (χ2n) is 2.55. The van der Waals surface area contributed by atoms with Gasteiger partial charge in [0.1, 0.15) is 0 Å². The lowest BCUT2D eigenvalue weighted by molar-refractivity contribution is -0.499. The van der Waals surface area contributed by atoms with E-state index in [1.165, 1.54) is 0 Å². The highest BCUT2D eigenvalue weighted by molar-refractivity contribution is 5.67. The quantitative estimate of drug-likeness (QED) is 0.417. The predicted octanol–water partition coefficient (Wildman–Crippen LogP) is -2.03. The van der Waals surface area contributed by atoms with E-state index < -0.39 is 30.4 Å². The standard InChI is InChI=1S/C5H4O9/c6-1-4(9,12-2(7)11-1)5(10)13-3(8)14-5/h1,6,9-10H. The molecule has 2 fully saturated rings. The van der Waals surface area contributed by atoms with E-state index in [9.17, 15) is 19.8 Å². The molecule has 0 saturated carbocycles. The number of carbonyl (C=O) groups excluding carboxylic acids is 2. The van der Waals surface area contributed by atoms with E-state index in [0.717, 1.165) is 0 Å². The summed E-state index contributed by atoms with van der Waals surface area (Å²) in [4.78, 5) is 20.7. The number of aliphatic hydroxyl groups is 3. The summed E-state index contributed by atoms with van der Waals surface area (Å²) in [6.07, 6.45) is -4.97. The monoisotopic (exact) mass is 208 g/mol. The van der Waals surface area contributed by atoms with Crippen LogP contribution in [0.2, 0.25) is 0 Å². The fraction of sp³-hybridized carbons (Fsp3) is 0.600. The Balaban J connectivity index is 2.24. The first-order chi connectivity index (χ1) is 6.37. The molecule has 0 bridgehead atoms. The molecule has 0 aromatic heterocycles. The second-order valence-corrected chi connectivity index (χ2v) is 2.55. The molecule has 2 heterocycles. The third kappa shape index (κ3) is 0.880. The van der Waals surface area contributed by atoms with Crippen molar-refractivity contribution in [1.29, 1.82) is 0 Å². The molecular formula is C5H4O9. The normalized spacial score (nSPS) is 38.9. The average molecular weight is 208 g/mol. The summed E-state index contributed by atoms with van der Waals surface area (Å²) in [6, 6.07) is 0. The van der Waals surface area contributed by atoms with Crippen LogP contribution in [0.1, 0.15) is 0 Å². The highest BCUT2D eigenvalue weighted by Crippen LogP contribution is 2.40. The van der Waals surface area contributed by atoms with Crippen molar-refractivity contribution < 1.29 is 43.9 Å². The third-order valence-electron chi connectivity index (χ3n) is 1.68. The van der Waals surface area contributed by atoms with Crippen LogP contribution in [0.25, 0.3) is 0 Å². The minimum Gasteiger partial charge on any atom is -0.397 e. The molecule has 2 atom stereocenters. The van der Waals surface area contributed by atoms with Crippen molar-refractivity contribution in [2.75, 3.05) is 0 Å². The maximum absolute atomic E-state index is 10.5. The number of cyclic esters (lactones) is 4. The van der Waals surface area contributed by atoms with Crippen molar-refractivity contribution in [3.8, 4) is 0 Å². The number of hydrogen-bond donors (Lipinski definition) is 3. The summed E-state index contributed by atoms with van der Waals surface area (Å²) in [5, 5.41) is 27.5. The van der Waals surface area contributed by atoms with Crippen LogP contribution in [0.4, 0.5) is 9.59 Å². The summed E-state index contributed by atoms with van der Waals surface area (Å²) in [7, 11) is 0. The van der Waals surface area contributed by atoms with Crippen molar-refractivity contribution in [3.63, 3.8) is 0 Å². The topological polar surface area (TPSA) is 132 Å². The molecule has 3 N–H and O–H groups in total. The van der Waals surface area contributed by atoms with E-state index in [1.54, 1.807) is 0 Å². The Morgan fingerprint density at radius 3 is 2.00 bits per heavy atom. The van der Waals surface area contributed by atoms with Crippen LogP contribution in [0.15, 0.2) is 0 Å². The average Bonchev–Trinajstić information content (AvgIpc) is 2.24. The van der Waals surface area contributed by atoms with E-state index in [4.69, 9.17) is 5.11 Å². The van der Waals surface area contributed by atoms with Gasteiger partial charge in [-0.2, -0.15) is 0 Å². The van der Waals surface area contributed by atoms with E-state index in [1.807, 2.05) is 0 Å². The zero-order valence-electron chi connectivity index (χ0n) is 6.37. The summed E-state index contributed by atoms with van der Waals surface area (Å²) in [5.74, 6) is -5.94. The predicted molar refractivity (Wildman–Crippen MR) is 31.0 cm³/mol. The molecule has 0 aliphatic carbocycles. The fourth-order valence-electron chi connectivity index (χ4n) is 0.973. The van der Waals surface area contributed by atoms with Gasteiger partial charge in [-0.15, -0.1) is 0 Å². The molecule has 0 aromatic rings.